The van der Waals surface area contributed by atoms with E-state index in [1.807, 2.05) is 30.5 Å². The molecule has 2 aromatic carbocycles. The topological polar surface area (TPSA) is 96.3 Å². The lowest BCUT2D eigenvalue weighted by molar-refractivity contribution is -0.137. The Hall–Kier alpha value is -2.85. The minimum absolute atomic E-state index is 0.197. The summed E-state index contributed by atoms with van der Waals surface area (Å²) in [6.07, 6.45) is -1.58. The molecular formula is C26H30F3N3O3S. The van der Waals surface area contributed by atoms with E-state index in [9.17, 15) is 26.4 Å². The molecule has 6 nitrogen and oxygen atoms in total. The number of fused-ring (bicyclic) bond motifs is 1. The Morgan fingerprint density at radius 1 is 1.11 bits per heavy atom. The van der Waals surface area contributed by atoms with Gasteiger partial charge in [0.05, 0.1) is 21.2 Å². The maximum Gasteiger partial charge on any atom is 0.416 e. The SMILES string of the molecule is CC(C)(C1CCN(C(=O)[C@H](N)Cc2c[nH]c3ccccc23)CC1)S(=O)(=O)c1cccc(C(F)(F)F)c1. The summed E-state index contributed by atoms with van der Waals surface area (Å²) < 4.78 is 64.9. The van der Waals surface area contributed by atoms with Crippen molar-refractivity contribution in [2.24, 2.45) is 11.7 Å². The van der Waals surface area contributed by atoms with E-state index in [0.717, 1.165) is 28.6 Å². The number of benzene rings is 2. The third-order valence-electron chi connectivity index (χ3n) is 7.39. The molecule has 0 unspecified atom stereocenters. The Morgan fingerprint density at radius 2 is 1.78 bits per heavy atom. The van der Waals surface area contributed by atoms with Crippen LogP contribution in [0.1, 0.15) is 37.8 Å². The van der Waals surface area contributed by atoms with Gasteiger partial charge in [0.2, 0.25) is 5.91 Å². The summed E-state index contributed by atoms with van der Waals surface area (Å²) in [6.45, 7) is 3.78. The lowest BCUT2D eigenvalue weighted by Gasteiger charge is -2.40. The number of rotatable bonds is 6. The summed E-state index contributed by atoms with van der Waals surface area (Å²) in [7, 11) is -4.06. The summed E-state index contributed by atoms with van der Waals surface area (Å²) in [5, 5.41) is 1.01. The number of H-pyrrole nitrogens is 1. The Bertz CT molecular complexity index is 1360. The van der Waals surface area contributed by atoms with Crippen molar-refractivity contribution in [3.63, 3.8) is 0 Å². The van der Waals surface area contributed by atoms with E-state index in [1.54, 1.807) is 18.7 Å². The van der Waals surface area contributed by atoms with Gasteiger partial charge in [0.25, 0.3) is 0 Å². The van der Waals surface area contributed by atoms with Gasteiger partial charge >= 0.3 is 6.18 Å². The first-order chi connectivity index (χ1) is 16.8. The predicted octanol–water partition coefficient (Wildman–Crippen LogP) is 4.55. The van der Waals surface area contributed by atoms with Crippen molar-refractivity contribution in [2.75, 3.05) is 13.1 Å². The highest BCUT2D eigenvalue weighted by Crippen LogP contribution is 2.39. The molecule has 10 heteroatoms. The number of aromatic amines is 1. The monoisotopic (exact) mass is 521 g/mol. The van der Waals surface area contributed by atoms with Crippen LogP contribution >= 0.6 is 0 Å². The van der Waals surface area contributed by atoms with Gasteiger partial charge in [-0.25, -0.2) is 8.42 Å². The Balaban J connectivity index is 1.42. The Kier molecular flexibility index (Phi) is 6.96. The molecule has 2 heterocycles. The quantitative estimate of drug-likeness (QED) is 0.498. The molecule has 1 amide bonds. The largest absolute Gasteiger partial charge is 0.416 e. The van der Waals surface area contributed by atoms with Gasteiger partial charge in [-0.15, -0.1) is 0 Å². The van der Waals surface area contributed by atoms with Gasteiger partial charge in [-0.2, -0.15) is 13.2 Å². The van der Waals surface area contributed by atoms with Gasteiger partial charge in [-0.3, -0.25) is 4.79 Å². The molecule has 1 atom stereocenters. The number of likely N-dealkylation sites (tertiary alicyclic amines) is 1. The van der Waals surface area contributed by atoms with Crippen molar-refractivity contribution >= 4 is 26.6 Å². The van der Waals surface area contributed by atoms with Crippen LogP contribution in [0, 0.1) is 5.92 Å². The second kappa shape index (κ2) is 9.55. The molecule has 0 saturated carbocycles. The van der Waals surface area contributed by atoms with Gasteiger partial charge in [-0.05, 0) is 68.9 Å². The van der Waals surface area contributed by atoms with E-state index in [1.165, 1.54) is 6.07 Å². The Morgan fingerprint density at radius 3 is 2.44 bits per heavy atom. The number of hydrogen-bond acceptors (Lipinski definition) is 4. The molecule has 3 aromatic rings. The van der Waals surface area contributed by atoms with Crippen molar-refractivity contribution in [3.05, 3.63) is 65.9 Å². The van der Waals surface area contributed by atoms with Crippen LogP contribution in [-0.2, 0) is 27.2 Å². The van der Waals surface area contributed by atoms with E-state index < -0.39 is 32.4 Å². The zero-order valence-corrected chi connectivity index (χ0v) is 21.0. The molecule has 4 rings (SSSR count). The van der Waals surface area contributed by atoms with E-state index in [2.05, 4.69) is 4.98 Å². The fourth-order valence-corrected chi connectivity index (χ4v) is 6.84. The number of nitrogens with one attached hydrogen (secondary N) is 1. The number of sulfone groups is 1. The summed E-state index contributed by atoms with van der Waals surface area (Å²) in [4.78, 5) is 17.5. The number of nitrogens with two attached hydrogens (primary N) is 1. The molecule has 1 saturated heterocycles. The van der Waals surface area contributed by atoms with Crippen LogP contribution in [0.2, 0.25) is 0 Å². The first-order valence-corrected chi connectivity index (χ1v) is 13.3. The molecular weight excluding hydrogens is 491 g/mol. The first kappa shape index (κ1) is 26.2. The Labute approximate surface area is 208 Å². The van der Waals surface area contributed by atoms with Gasteiger partial charge in [-0.1, -0.05) is 24.3 Å². The number of piperidine rings is 1. The number of amides is 1. The van der Waals surface area contributed by atoms with E-state index in [4.69, 9.17) is 5.73 Å². The third kappa shape index (κ3) is 4.88. The number of halogens is 3. The zero-order valence-electron chi connectivity index (χ0n) is 20.2. The fourth-order valence-electron chi connectivity index (χ4n) is 5.02. The highest BCUT2D eigenvalue weighted by atomic mass is 32.2. The van der Waals surface area contributed by atoms with Crippen LogP contribution in [0.15, 0.2) is 59.6 Å². The first-order valence-electron chi connectivity index (χ1n) is 11.8. The van der Waals surface area contributed by atoms with Crippen molar-refractivity contribution in [1.82, 2.24) is 9.88 Å². The second-order valence-electron chi connectivity index (χ2n) is 9.90. The standard InChI is InChI=1S/C26H30F3N3O3S/c1-25(2,36(34,35)20-7-5-6-19(15-20)26(27,28)29)18-10-12-32(13-11-18)24(33)22(30)14-17-16-31-23-9-4-3-8-21(17)23/h3-9,15-16,18,22,31H,10-14,30H2,1-2H3/t22-/m1/s1. The zero-order chi connectivity index (χ0) is 26.3. The van der Waals surface area contributed by atoms with E-state index in [0.29, 0.717) is 38.4 Å². The van der Waals surface area contributed by atoms with E-state index >= 15 is 0 Å². The summed E-state index contributed by atoms with van der Waals surface area (Å²) >= 11 is 0. The summed E-state index contributed by atoms with van der Waals surface area (Å²) in [5.41, 5.74) is 7.18. The lowest BCUT2D eigenvalue weighted by atomic mass is 9.85. The molecule has 1 aliphatic heterocycles. The highest BCUT2D eigenvalue weighted by Gasteiger charge is 2.45. The minimum atomic E-state index is -4.63. The minimum Gasteiger partial charge on any atom is -0.361 e. The normalized spacial score (nSPS) is 16.9. The molecule has 1 aromatic heterocycles. The number of para-hydroxylation sites is 1. The van der Waals surface area contributed by atoms with Crippen LogP contribution in [-0.4, -0.2) is 48.1 Å². The fraction of sp³-hybridized carbons (Fsp3) is 0.423. The average Bonchev–Trinajstić information content (AvgIpc) is 3.25. The van der Waals surface area contributed by atoms with Crippen LogP contribution in [0.4, 0.5) is 13.2 Å². The number of alkyl halides is 3. The summed E-state index contributed by atoms with van der Waals surface area (Å²) in [6, 6.07) is 10.9. The van der Waals surface area contributed by atoms with Gasteiger partial charge in [0.1, 0.15) is 0 Å². The van der Waals surface area contributed by atoms with Crippen molar-refractivity contribution in [1.29, 1.82) is 0 Å². The number of carbonyl (C=O) groups is 1. The number of nitrogens with zero attached hydrogens (tertiary/aromatic N) is 1. The van der Waals surface area contributed by atoms with Gasteiger partial charge < -0.3 is 15.6 Å². The lowest BCUT2D eigenvalue weighted by Crippen LogP contribution is -2.51. The van der Waals surface area contributed by atoms with Crippen molar-refractivity contribution in [2.45, 2.75) is 55.0 Å². The number of aromatic nitrogens is 1. The second-order valence-corrected chi connectivity index (χ2v) is 12.4. The molecule has 0 radical (unpaired) electrons. The van der Waals surface area contributed by atoms with Gasteiger partial charge in [0, 0.05) is 30.2 Å². The average molecular weight is 522 g/mol. The third-order valence-corrected chi connectivity index (χ3v) is 9.98. The molecule has 1 aliphatic rings. The van der Waals surface area contributed by atoms with Crippen molar-refractivity contribution in [3.8, 4) is 0 Å². The smallest absolute Gasteiger partial charge is 0.361 e. The van der Waals surface area contributed by atoms with E-state index in [-0.39, 0.29) is 16.7 Å². The molecule has 1 fully saturated rings. The van der Waals surface area contributed by atoms with Crippen LogP contribution < -0.4 is 5.73 Å². The van der Waals surface area contributed by atoms with Gasteiger partial charge in [0.15, 0.2) is 9.84 Å². The maximum absolute atomic E-state index is 13.4. The molecule has 36 heavy (non-hydrogen) atoms. The maximum atomic E-state index is 13.4. The van der Waals surface area contributed by atoms with Crippen LogP contribution in [0.25, 0.3) is 10.9 Å². The van der Waals surface area contributed by atoms with Crippen LogP contribution in [0.3, 0.4) is 0 Å². The molecule has 3 N–H and O–H groups in total. The predicted molar refractivity (Wildman–Crippen MR) is 132 cm³/mol. The highest BCUT2D eigenvalue weighted by molar-refractivity contribution is 7.92. The molecule has 0 spiro atoms. The molecule has 0 aliphatic carbocycles. The van der Waals surface area contributed by atoms with Crippen LogP contribution in [0.5, 0.6) is 0 Å². The summed E-state index contributed by atoms with van der Waals surface area (Å²) in [5.74, 6) is -0.525. The van der Waals surface area contributed by atoms with Crippen molar-refractivity contribution < 1.29 is 26.4 Å². The molecule has 194 valence electrons. The molecule has 0 bridgehead atoms. The number of carbonyl (C=O) groups excluding carboxylic acids is 1. The number of hydrogen-bond donors (Lipinski definition) is 2.